The van der Waals surface area contributed by atoms with Crippen molar-refractivity contribution in [3.8, 4) is 17.6 Å². The molecule has 25 heavy (non-hydrogen) atoms. The van der Waals surface area contributed by atoms with Gasteiger partial charge in [-0.15, -0.1) is 10.2 Å². The average molecular weight is 334 g/mol. The number of aromatic nitrogens is 2. The number of anilines is 1. The van der Waals surface area contributed by atoms with E-state index in [9.17, 15) is 5.26 Å². The van der Waals surface area contributed by atoms with E-state index in [4.69, 9.17) is 9.47 Å². The summed E-state index contributed by atoms with van der Waals surface area (Å²) in [6.45, 7) is 0.588. The molecule has 0 radical (unpaired) electrons. The summed E-state index contributed by atoms with van der Waals surface area (Å²) in [5.74, 6) is 1.36. The molecule has 6 nitrogen and oxygen atoms in total. The third-order valence-corrected chi connectivity index (χ3v) is 4.00. The summed E-state index contributed by atoms with van der Waals surface area (Å²) in [5.41, 5.74) is 2.87. The molecule has 0 amide bonds. The molecule has 1 heterocycles. The maximum Gasteiger partial charge on any atom is 0.187 e. The molecule has 1 aromatic heterocycles. The fourth-order valence-electron chi connectivity index (χ4n) is 2.83. The minimum absolute atomic E-state index is 0.307. The molecule has 3 aromatic rings. The zero-order valence-electron chi connectivity index (χ0n) is 14.4. The summed E-state index contributed by atoms with van der Waals surface area (Å²) < 4.78 is 10.6. The number of hydrogen-bond donors (Lipinski definition) is 0. The molecule has 126 valence electrons. The van der Waals surface area contributed by atoms with Crippen LogP contribution in [0.5, 0.6) is 11.5 Å². The summed E-state index contributed by atoms with van der Waals surface area (Å²) in [6.07, 6.45) is 0. The van der Waals surface area contributed by atoms with E-state index < -0.39 is 0 Å². The smallest absolute Gasteiger partial charge is 0.187 e. The SMILES string of the molecule is COc1ccc(CN(C)c2c(C#N)nnc3ccccc23)cc1OC. The Kier molecular flexibility index (Phi) is 4.66. The highest BCUT2D eigenvalue weighted by Crippen LogP contribution is 2.31. The zero-order chi connectivity index (χ0) is 17.8. The molecule has 0 atom stereocenters. The first kappa shape index (κ1) is 16.5. The molecule has 0 fully saturated rings. The van der Waals surface area contributed by atoms with Gasteiger partial charge in [0, 0.05) is 19.0 Å². The molecule has 0 aliphatic carbocycles. The molecule has 0 saturated carbocycles. The third-order valence-electron chi connectivity index (χ3n) is 4.00. The van der Waals surface area contributed by atoms with Gasteiger partial charge in [-0.25, -0.2) is 0 Å². The van der Waals surface area contributed by atoms with Crippen LogP contribution in [0, 0.1) is 11.3 Å². The molecule has 0 aliphatic heterocycles. The Bertz CT molecular complexity index is 950. The lowest BCUT2D eigenvalue weighted by Gasteiger charge is -2.22. The number of nitriles is 1. The van der Waals surface area contributed by atoms with E-state index >= 15 is 0 Å². The van der Waals surface area contributed by atoms with Gasteiger partial charge in [-0.3, -0.25) is 0 Å². The molecular weight excluding hydrogens is 316 g/mol. The minimum Gasteiger partial charge on any atom is -0.493 e. The summed E-state index contributed by atoms with van der Waals surface area (Å²) in [5, 5.41) is 18.5. The quantitative estimate of drug-likeness (QED) is 0.714. The van der Waals surface area contributed by atoms with Crippen LogP contribution in [0.4, 0.5) is 5.69 Å². The van der Waals surface area contributed by atoms with Crippen LogP contribution < -0.4 is 14.4 Å². The maximum atomic E-state index is 9.43. The first-order valence-corrected chi connectivity index (χ1v) is 7.75. The Hall–Kier alpha value is -3.33. The first-order valence-electron chi connectivity index (χ1n) is 7.75. The lowest BCUT2D eigenvalue weighted by Crippen LogP contribution is -2.19. The number of methoxy groups -OCH3 is 2. The number of fused-ring (bicyclic) bond motifs is 1. The van der Waals surface area contributed by atoms with Gasteiger partial charge in [-0.1, -0.05) is 24.3 Å². The summed E-state index contributed by atoms with van der Waals surface area (Å²) in [7, 11) is 5.15. The van der Waals surface area contributed by atoms with Gasteiger partial charge in [0.2, 0.25) is 0 Å². The molecule has 6 heteroatoms. The van der Waals surface area contributed by atoms with Crippen molar-refractivity contribution in [1.29, 1.82) is 5.26 Å². The second-order valence-corrected chi connectivity index (χ2v) is 5.57. The van der Waals surface area contributed by atoms with Gasteiger partial charge in [0.25, 0.3) is 0 Å². The highest BCUT2D eigenvalue weighted by atomic mass is 16.5. The van der Waals surface area contributed by atoms with E-state index in [2.05, 4.69) is 16.3 Å². The molecule has 2 aromatic carbocycles. The van der Waals surface area contributed by atoms with Crippen molar-refractivity contribution in [2.45, 2.75) is 6.54 Å². The van der Waals surface area contributed by atoms with Crippen LogP contribution in [0.15, 0.2) is 42.5 Å². The molecule has 0 N–H and O–H groups in total. The predicted molar refractivity (Wildman–Crippen MR) is 95.9 cm³/mol. The van der Waals surface area contributed by atoms with E-state index in [0.29, 0.717) is 23.7 Å². The lowest BCUT2D eigenvalue weighted by molar-refractivity contribution is 0.354. The summed E-state index contributed by atoms with van der Waals surface area (Å²) in [6, 6.07) is 15.6. The Morgan fingerprint density at radius 3 is 2.52 bits per heavy atom. The number of rotatable bonds is 5. The van der Waals surface area contributed by atoms with Gasteiger partial charge < -0.3 is 14.4 Å². The molecule has 0 unspecified atom stereocenters. The van der Waals surface area contributed by atoms with Gasteiger partial charge in [0.1, 0.15) is 6.07 Å². The van der Waals surface area contributed by atoms with Crippen molar-refractivity contribution in [3.63, 3.8) is 0 Å². The van der Waals surface area contributed by atoms with E-state index in [0.717, 1.165) is 22.2 Å². The second-order valence-electron chi connectivity index (χ2n) is 5.57. The van der Waals surface area contributed by atoms with Gasteiger partial charge in [0.15, 0.2) is 17.2 Å². The van der Waals surface area contributed by atoms with Crippen molar-refractivity contribution in [3.05, 3.63) is 53.7 Å². The number of ether oxygens (including phenoxy) is 2. The first-order chi connectivity index (χ1) is 12.2. The zero-order valence-corrected chi connectivity index (χ0v) is 14.4. The van der Waals surface area contributed by atoms with Crippen LogP contribution in [-0.2, 0) is 6.54 Å². The average Bonchev–Trinajstić information content (AvgIpc) is 2.66. The highest BCUT2D eigenvalue weighted by Gasteiger charge is 2.15. The van der Waals surface area contributed by atoms with E-state index in [1.165, 1.54) is 0 Å². The Morgan fingerprint density at radius 2 is 1.80 bits per heavy atom. The Labute approximate surface area is 146 Å². The topological polar surface area (TPSA) is 71.3 Å². The van der Waals surface area contributed by atoms with Gasteiger partial charge >= 0.3 is 0 Å². The molecule has 0 saturated heterocycles. The summed E-state index contributed by atoms with van der Waals surface area (Å²) >= 11 is 0. The van der Waals surface area contributed by atoms with E-state index in [1.807, 2.05) is 54.4 Å². The predicted octanol–water partition coefficient (Wildman–Crippen LogP) is 3.16. The van der Waals surface area contributed by atoms with Crippen LogP contribution in [0.25, 0.3) is 10.9 Å². The van der Waals surface area contributed by atoms with Gasteiger partial charge in [-0.2, -0.15) is 5.26 Å². The fraction of sp³-hybridized carbons (Fsp3) is 0.211. The normalized spacial score (nSPS) is 10.3. The van der Waals surface area contributed by atoms with Crippen molar-refractivity contribution < 1.29 is 9.47 Å². The van der Waals surface area contributed by atoms with Crippen LogP contribution in [0.2, 0.25) is 0 Å². The lowest BCUT2D eigenvalue weighted by atomic mass is 10.1. The monoisotopic (exact) mass is 334 g/mol. The number of nitrogens with zero attached hydrogens (tertiary/aromatic N) is 4. The van der Waals surface area contributed by atoms with Gasteiger partial charge in [0.05, 0.1) is 25.4 Å². The van der Waals surface area contributed by atoms with E-state index in [1.54, 1.807) is 14.2 Å². The number of hydrogen-bond acceptors (Lipinski definition) is 6. The largest absolute Gasteiger partial charge is 0.493 e. The third kappa shape index (κ3) is 3.17. The van der Waals surface area contributed by atoms with E-state index in [-0.39, 0.29) is 0 Å². The Morgan fingerprint density at radius 1 is 1.04 bits per heavy atom. The molecule has 3 rings (SSSR count). The fourth-order valence-corrected chi connectivity index (χ4v) is 2.83. The molecule has 0 spiro atoms. The van der Waals surface area contributed by atoms with Crippen molar-refractivity contribution in [2.75, 3.05) is 26.2 Å². The van der Waals surface area contributed by atoms with Crippen molar-refractivity contribution in [2.24, 2.45) is 0 Å². The second kappa shape index (κ2) is 7.05. The molecule has 0 aliphatic rings. The summed E-state index contributed by atoms with van der Waals surface area (Å²) in [4.78, 5) is 2.00. The van der Waals surface area contributed by atoms with Crippen molar-refractivity contribution >= 4 is 16.6 Å². The van der Waals surface area contributed by atoms with Crippen LogP contribution >= 0.6 is 0 Å². The van der Waals surface area contributed by atoms with Crippen LogP contribution in [0.3, 0.4) is 0 Å². The minimum atomic E-state index is 0.307. The number of benzene rings is 2. The maximum absolute atomic E-state index is 9.43. The van der Waals surface area contributed by atoms with Crippen LogP contribution in [-0.4, -0.2) is 31.5 Å². The van der Waals surface area contributed by atoms with Gasteiger partial charge in [-0.05, 0) is 23.8 Å². The Balaban J connectivity index is 2.00. The molecule has 0 bridgehead atoms. The standard InChI is InChI=1S/C19H18N4O2/c1-23(12-13-8-9-17(24-2)18(10-13)25-3)19-14-6-4-5-7-15(14)21-22-16(19)11-20/h4-10H,12H2,1-3H3. The highest BCUT2D eigenvalue weighted by molar-refractivity contribution is 5.93. The molecular formula is C19H18N4O2. The van der Waals surface area contributed by atoms with Crippen LogP contribution in [0.1, 0.15) is 11.3 Å². The van der Waals surface area contributed by atoms with Crippen molar-refractivity contribution in [1.82, 2.24) is 10.2 Å².